The molecule has 1 unspecified atom stereocenters. The van der Waals surface area contributed by atoms with Crippen LogP contribution in [0.3, 0.4) is 0 Å². The van der Waals surface area contributed by atoms with Crippen molar-refractivity contribution < 1.29 is 4.79 Å². The lowest BCUT2D eigenvalue weighted by Gasteiger charge is -2.26. The van der Waals surface area contributed by atoms with Gasteiger partial charge in [0.2, 0.25) is 5.91 Å². The summed E-state index contributed by atoms with van der Waals surface area (Å²) >= 11 is 0. The summed E-state index contributed by atoms with van der Waals surface area (Å²) in [5.41, 5.74) is 0. The third-order valence-corrected chi connectivity index (χ3v) is 3.28. The van der Waals surface area contributed by atoms with Gasteiger partial charge in [-0.05, 0) is 32.2 Å². The number of carbonyl (C=O) groups is 1. The average molecular weight is 249 g/mol. The lowest BCUT2D eigenvalue weighted by atomic mass is 10.1. The monoisotopic (exact) mass is 248 g/mol. The fraction of sp³-hybridized carbons (Fsp3) is 0.917. The number of amides is 1. The van der Waals surface area contributed by atoms with Crippen molar-refractivity contribution in [3.63, 3.8) is 0 Å². The molecular formula is C12H25ClN2O. The van der Waals surface area contributed by atoms with Crippen molar-refractivity contribution >= 4 is 18.3 Å². The zero-order valence-corrected chi connectivity index (χ0v) is 11.5. The van der Waals surface area contributed by atoms with E-state index in [1.54, 1.807) is 0 Å². The first-order chi connectivity index (χ1) is 7.19. The van der Waals surface area contributed by atoms with E-state index >= 15 is 0 Å². The molecule has 0 radical (unpaired) electrons. The topological polar surface area (TPSA) is 32.3 Å². The van der Waals surface area contributed by atoms with Crippen LogP contribution in [0.1, 0.15) is 40.0 Å². The molecule has 0 spiro atoms. The number of hydrogen-bond acceptors (Lipinski definition) is 2. The van der Waals surface area contributed by atoms with E-state index in [4.69, 9.17) is 0 Å². The zero-order valence-electron chi connectivity index (χ0n) is 10.7. The molecule has 1 amide bonds. The highest BCUT2D eigenvalue weighted by Gasteiger charge is 2.26. The van der Waals surface area contributed by atoms with Gasteiger partial charge in [-0.25, -0.2) is 0 Å². The van der Waals surface area contributed by atoms with Gasteiger partial charge >= 0.3 is 0 Å². The number of halogens is 1. The summed E-state index contributed by atoms with van der Waals surface area (Å²) in [4.78, 5) is 14.1. The number of nitrogens with one attached hydrogen (secondary N) is 1. The first kappa shape index (κ1) is 15.7. The van der Waals surface area contributed by atoms with Gasteiger partial charge in [-0.2, -0.15) is 0 Å². The summed E-state index contributed by atoms with van der Waals surface area (Å²) in [7, 11) is 0. The Bertz CT molecular complexity index is 205. The number of likely N-dealkylation sites (N-methyl/N-ethyl adjacent to an activating group) is 1. The normalized spacial score (nSPS) is 21.3. The van der Waals surface area contributed by atoms with Crippen molar-refractivity contribution in [2.24, 2.45) is 5.92 Å². The Morgan fingerprint density at radius 3 is 2.62 bits per heavy atom. The van der Waals surface area contributed by atoms with Gasteiger partial charge in [-0.1, -0.05) is 20.3 Å². The molecule has 96 valence electrons. The summed E-state index contributed by atoms with van der Waals surface area (Å²) in [6.07, 6.45) is 3.29. The van der Waals surface area contributed by atoms with Crippen LogP contribution in [0, 0.1) is 5.92 Å². The van der Waals surface area contributed by atoms with Crippen LogP contribution in [0.15, 0.2) is 0 Å². The fourth-order valence-electron chi connectivity index (χ4n) is 2.00. The van der Waals surface area contributed by atoms with E-state index in [0.717, 1.165) is 38.9 Å². The Kier molecular flexibility index (Phi) is 7.77. The molecule has 16 heavy (non-hydrogen) atoms. The molecule has 1 saturated heterocycles. The molecule has 0 bridgehead atoms. The van der Waals surface area contributed by atoms with Crippen LogP contribution in [-0.2, 0) is 4.79 Å². The molecule has 1 aliphatic rings. The van der Waals surface area contributed by atoms with Crippen molar-refractivity contribution in [3.05, 3.63) is 0 Å². The van der Waals surface area contributed by atoms with Crippen LogP contribution in [0.25, 0.3) is 0 Å². The van der Waals surface area contributed by atoms with Crippen LogP contribution in [-0.4, -0.2) is 36.5 Å². The second kappa shape index (κ2) is 7.91. The van der Waals surface area contributed by atoms with Crippen LogP contribution >= 0.6 is 12.4 Å². The third kappa shape index (κ3) is 4.30. The van der Waals surface area contributed by atoms with Crippen molar-refractivity contribution in [2.75, 3.05) is 19.6 Å². The lowest BCUT2D eigenvalue weighted by Crippen LogP contribution is -2.45. The standard InChI is InChI=1S/C12H24N2O.ClH/c1-4-10(3)9-14(5-2)12(15)11-7-6-8-13-11;/h10-11,13H,4-9H2,1-3H3;1H/t10?,11-;/m0./s1. The number of rotatable bonds is 5. The van der Waals surface area contributed by atoms with Crippen LogP contribution in [0.4, 0.5) is 0 Å². The minimum absolute atomic E-state index is 0. The van der Waals surface area contributed by atoms with E-state index in [2.05, 4.69) is 26.1 Å². The summed E-state index contributed by atoms with van der Waals surface area (Å²) in [5, 5.41) is 3.27. The quantitative estimate of drug-likeness (QED) is 0.808. The van der Waals surface area contributed by atoms with Gasteiger partial charge in [0.1, 0.15) is 0 Å². The molecule has 0 aromatic rings. The molecule has 1 aliphatic heterocycles. The van der Waals surface area contributed by atoms with Gasteiger partial charge in [0.25, 0.3) is 0 Å². The van der Waals surface area contributed by atoms with Crippen molar-refractivity contribution in [2.45, 2.75) is 46.1 Å². The maximum absolute atomic E-state index is 12.1. The van der Waals surface area contributed by atoms with E-state index < -0.39 is 0 Å². The minimum atomic E-state index is 0. The summed E-state index contributed by atoms with van der Waals surface area (Å²) < 4.78 is 0. The maximum Gasteiger partial charge on any atom is 0.239 e. The molecule has 0 aliphatic carbocycles. The van der Waals surface area contributed by atoms with E-state index in [1.165, 1.54) is 0 Å². The first-order valence-corrected chi connectivity index (χ1v) is 6.21. The van der Waals surface area contributed by atoms with Gasteiger partial charge in [-0.3, -0.25) is 4.79 Å². The van der Waals surface area contributed by atoms with Gasteiger partial charge in [-0.15, -0.1) is 12.4 Å². The van der Waals surface area contributed by atoms with Crippen LogP contribution in [0.2, 0.25) is 0 Å². The molecule has 4 heteroatoms. The van der Waals surface area contributed by atoms with Crippen molar-refractivity contribution in [1.82, 2.24) is 10.2 Å². The lowest BCUT2D eigenvalue weighted by molar-refractivity contribution is -0.133. The number of hydrogen-bond donors (Lipinski definition) is 1. The molecule has 1 fully saturated rings. The number of nitrogens with zero attached hydrogens (tertiary/aromatic N) is 1. The van der Waals surface area contributed by atoms with Crippen molar-refractivity contribution in [1.29, 1.82) is 0 Å². The summed E-state index contributed by atoms with van der Waals surface area (Å²) in [6, 6.07) is 0.0917. The molecule has 0 saturated carbocycles. The third-order valence-electron chi connectivity index (χ3n) is 3.28. The predicted octanol–water partition coefficient (Wildman–Crippen LogP) is 2.05. The van der Waals surface area contributed by atoms with Gasteiger partial charge in [0.15, 0.2) is 0 Å². The van der Waals surface area contributed by atoms with E-state index in [-0.39, 0.29) is 18.4 Å². The van der Waals surface area contributed by atoms with E-state index in [0.29, 0.717) is 11.8 Å². The molecule has 0 aromatic carbocycles. The highest BCUT2D eigenvalue weighted by molar-refractivity contribution is 5.85. The number of carbonyl (C=O) groups excluding carboxylic acids is 1. The van der Waals surface area contributed by atoms with Gasteiger partial charge in [0.05, 0.1) is 6.04 Å². The van der Waals surface area contributed by atoms with Crippen LogP contribution < -0.4 is 5.32 Å². The Labute approximate surface area is 105 Å². The average Bonchev–Trinajstić information content (AvgIpc) is 2.77. The van der Waals surface area contributed by atoms with Crippen LogP contribution in [0.5, 0.6) is 0 Å². The second-order valence-electron chi connectivity index (χ2n) is 4.54. The summed E-state index contributed by atoms with van der Waals surface area (Å²) in [5.74, 6) is 0.908. The predicted molar refractivity (Wildman–Crippen MR) is 70.0 cm³/mol. The Morgan fingerprint density at radius 2 is 2.19 bits per heavy atom. The Hall–Kier alpha value is -0.280. The SMILES string of the molecule is CCC(C)CN(CC)C(=O)[C@@H]1CCCN1.Cl. The largest absolute Gasteiger partial charge is 0.341 e. The Morgan fingerprint density at radius 1 is 1.50 bits per heavy atom. The highest BCUT2D eigenvalue weighted by Crippen LogP contribution is 2.11. The molecular weight excluding hydrogens is 224 g/mol. The van der Waals surface area contributed by atoms with Gasteiger partial charge in [0, 0.05) is 13.1 Å². The molecule has 1 heterocycles. The van der Waals surface area contributed by atoms with E-state index in [1.807, 2.05) is 4.90 Å². The molecule has 2 atom stereocenters. The second-order valence-corrected chi connectivity index (χ2v) is 4.54. The molecule has 1 rings (SSSR count). The van der Waals surface area contributed by atoms with E-state index in [9.17, 15) is 4.79 Å². The smallest absolute Gasteiger partial charge is 0.239 e. The minimum Gasteiger partial charge on any atom is -0.341 e. The molecule has 3 nitrogen and oxygen atoms in total. The highest BCUT2D eigenvalue weighted by atomic mass is 35.5. The maximum atomic E-state index is 12.1. The molecule has 0 aromatic heterocycles. The fourth-order valence-corrected chi connectivity index (χ4v) is 2.00. The molecule has 1 N–H and O–H groups in total. The van der Waals surface area contributed by atoms with Crippen molar-refractivity contribution in [3.8, 4) is 0 Å². The first-order valence-electron chi connectivity index (χ1n) is 6.21. The zero-order chi connectivity index (χ0) is 11.3. The van der Waals surface area contributed by atoms with Gasteiger partial charge < -0.3 is 10.2 Å². The summed E-state index contributed by atoms with van der Waals surface area (Å²) in [6.45, 7) is 9.19. The Balaban J connectivity index is 0.00000225.